The molecule has 4 heteroatoms. The van der Waals surface area contributed by atoms with Crippen molar-refractivity contribution in [2.24, 2.45) is 5.92 Å². The minimum Gasteiger partial charge on any atom is -0.309 e. The van der Waals surface area contributed by atoms with E-state index in [0.29, 0.717) is 34.6 Å². The molecule has 0 spiro atoms. The van der Waals surface area contributed by atoms with Crippen LogP contribution in [-0.4, -0.2) is 12.5 Å². The summed E-state index contributed by atoms with van der Waals surface area (Å²) in [6.45, 7) is 0.690. The van der Waals surface area contributed by atoms with E-state index in [4.69, 9.17) is 23.2 Å². The lowest BCUT2D eigenvalue weighted by Gasteiger charge is -2.33. The standard InChI is InChI=1S/C19H19Cl2NO/c20-16-7-4-8-17(21)19(16)22-13-15(11-12-18(22)23)10-9-14-5-2-1-3-6-14/h1-8,15H,9-13H2. The molecule has 0 saturated carbocycles. The summed E-state index contributed by atoms with van der Waals surface area (Å²) in [5.74, 6) is 0.580. The van der Waals surface area contributed by atoms with Crippen LogP contribution in [0.3, 0.4) is 0 Å². The first-order valence-corrected chi connectivity index (χ1v) is 8.69. The number of rotatable bonds is 4. The summed E-state index contributed by atoms with van der Waals surface area (Å²) < 4.78 is 0. The van der Waals surface area contributed by atoms with Crippen LogP contribution in [0.25, 0.3) is 0 Å². The maximum Gasteiger partial charge on any atom is 0.227 e. The molecule has 1 atom stereocenters. The fourth-order valence-electron chi connectivity index (χ4n) is 3.13. The van der Waals surface area contributed by atoms with E-state index in [1.165, 1.54) is 5.56 Å². The van der Waals surface area contributed by atoms with Gasteiger partial charge in [0.05, 0.1) is 15.7 Å². The molecule has 2 nitrogen and oxygen atoms in total. The van der Waals surface area contributed by atoms with Crippen molar-refractivity contribution in [2.75, 3.05) is 11.4 Å². The van der Waals surface area contributed by atoms with Gasteiger partial charge in [0.15, 0.2) is 0 Å². The van der Waals surface area contributed by atoms with Crippen molar-refractivity contribution in [1.29, 1.82) is 0 Å². The molecule has 1 unspecified atom stereocenters. The van der Waals surface area contributed by atoms with Crippen LogP contribution >= 0.6 is 23.2 Å². The molecule has 1 aliphatic heterocycles. The number of hydrogen-bond donors (Lipinski definition) is 0. The second-order valence-electron chi connectivity index (χ2n) is 6.00. The van der Waals surface area contributed by atoms with Crippen molar-refractivity contribution in [1.82, 2.24) is 0 Å². The maximum absolute atomic E-state index is 12.3. The molecule has 1 amide bonds. The topological polar surface area (TPSA) is 20.3 Å². The number of aryl methyl sites for hydroxylation is 1. The van der Waals surface area contributed by atoms with Crippen molar-refractivity contribution in [3.05, 3.63) is 64.1 Å². The third-order valence-corrected chi connectivity index (χ3v) is 5.01. The lowest BCUT2D eigenvalue weighted by Crippen LogP contribution is -2.40. The minimum atomic E-state index is 0.107. The van der Waals surface area contributed by atoms with Crippen LogP contribution < -0.4 is 4.90 Å². The first kappa shape index (κ1) is 16.4. The molecule has 1 saturated heterocycles. The molecule has 3 rings (SSSR count). The van der Waals surface area contributed by atoms with Gasteiger partial charge >= 0.3 is 0 Å². The quantitative estimate of drug-likeness (QED) is 0.727. The Balaban J connectivity index is 1.71. The van der Waals surface area contributed by atoms with Gasteiger partial charge in [-0.15, -0.1) is 0 Å². The van der Waals surface area contributed by atoms with E-state index < -0.39 is 0 Å². The second kappa shape index (κ2) is 7.37. The predicted octanol–water partition coefficient (Wildman–Crippen LogP) is 5.37. The van der Waals surface area contributed by atoms with Gasteiger partial charge in [0, 0.05) is 13.0 Å². The summed E-state index contributed by atoms with van der Waals surface area (Å²) in [7, 11) is 0. The van der Waals surface area contributed by atoms with Crippen LogP contribution in [0.15, 0.2) is 48.5 Å². The molecule has 120 valence electrons. The van der Waals surface area contributed by atoms with E-state index in [2.05, 4.69) is 24.3 Å². The second-order valence-corrected chi connectivity index (χ2v) is 6.82. The zero-order chi connectivity index (χ0) is 16.2. The zero-order valence-electron chi connectivity index (χ0n) is 12.8. The Hall–Kier alpha value is -1.51. The smallest absolute Gasteiger partial charge is 0.227 e. The number of benzene rings is 2. The average Bonchev–Trinajstić information content (AvgIpc) is 2.56. The molecule has 2 aromatic rings. The number of carbonyl (C=O) groups excluding carboxylic acids is 1. The minimum absolute atomic E-state index is 0.107. The monoisotopic (exact) mass is 347 g/mol. The predicted molar refractivity (Wildman–Crippen MR) is 96.3 cm³/mol. The summed E-state index contributed by atoms with van der Waals surface area (Å²) in [6.07, 6.45) is 3.59. The SMILES string of the molecule is O=C1CCC(CCc2ccccc2)CN1c1c(Cl)cccc1Cl. The van der Waals surface area contributed by atoms with Crippen molar-refractivity contribution in [2.45, 2.75) is 25.7 Å². The van der Waals surface area contributed by atoms with Gasteiger partial charge in [-0.2, -0.15) is 0 Å². The lowest BCUT2D eigenvalue weighted by molar-refractivity contribution is -0.120. The van der Waals surface area contributed by atoms with Gasteiger partial charge in [0.2, 0.25) is 5.91 Å². The maximum atomic E-state index is 12.3. The van der Waals surface area contributed by atoms with Gasteiger partial charge in [0.25, 0.3) is 0 Å². The van der Waals surface area contributed by atoms with Crippen molar-refractivity contribution >= 4 is 34.8 Å². The molecule has 0 bridgehead atoms. The Labute approximate surface area is 147 Å². The molecule has 2 aromatic carbocycles. The Bertz CT molecular complexity index is 667. The molecular formula is C19H19Cl2NO. The Morgan fingerprint density at radius 1 is 1.00 bits per heavy atom. The van der Waals surface area contributed by atoms with Gasteiger partial charge in [-0.1, -0.05) is 59.6 Å². The third-order valence-electron chi connectivity index (χ3n) is 4.40. The van der Waals surface area contributed by atoms with Crippen LogP contribution in [0.2, 0.25) is 10.0 Å². The number of hydrogen-bond acceptors (Lipinski definition) is 1. The van der Waals surface area contributed by atoms with Gasteiger partial charge in [-0.05, 0) is 42.9 Å². The fraction of sp³-hybridized carbons (Fsp3) is 0.316. The molecule has 0 radical (unpaired) electrons. The van der Waals surface area contributed by atoms with E-state index in [1.807, 2.05) is 6.07 Å². The van der Waals surface area contributed by atoms with Crippen LogP contribution in [-0.2, 0) is 11.2 Å². The number of amides is 1. The Morgan fingerprint density at radius 3 is 2.39 bits per heavy atom. The highest BCUT2D eigenvalue weighted by atomic mass is 35.5. The highest BCUT2D eigenvalue weighted by molar-refractivity contribution is 6.39. The van der Waals surface area contributed by atoms with Crippen molar-refractivity contribution in [3.63, 3.8) is 0 Å². The summed E-state index contributed by atoms with van der Waals surface area (Å²) >= 11 is 12.5. The van der Waals surface area contributed by atoms with Gasteiger partial charge < -0.3 is 4.90 Å². The fourth-order valence-corrected chi connectivity index (χ4v) is 3.73. The largest absolute Gasteiger partial charge is 0.309 e. The number of halogens is 2. The summed E-state index contributed by atoms with van der Waals surface area (Å²) in [5.41, 5.74) is 2.00. The Morgan fingerprint density at radius 2 is 1.70 bits per heavy atom. The van der Waals surface area contributed by atoms with E-state index >= 15 is 0 Å². The summed E-state index contributed by atoms with van der Waals surface area (Å²) in [4.78, 5) is 14.1. The summed E-state index contributed by atoms with van der Waals surface area (Å²) in [5, 5.41) is 1.07. The third kappa shape index (κ3) is 3.88. The van der Waals surface area contributed by atoms with Crippen molar-refractivity contribution < 1.29 is 4.79 Å². The Kier molecular flexibility index (Phi) is 5.24. The number of para-hydroxylation sites is 1. The number of carbonyl (C=O) groups is 1. The van der Waals surface area contributed by atoms with Crippen LogP contribution in [0.5, 0.6) is 0 Å². The number of anilines is 1. The highest BCUT2D eigenvalue weighted by Gasteiger charge is 2.29. The highest BCUT2D eigenvalue weighted by Crippen LogP contribution is 2.37. The average molecular weight is 348 g/mol. The van der Waals surface area contributed by atoms with Crippen LogP contribution in [0, 0.1) is 5.92 Å². The zero-order valence-corrected chi connectivity index (χ0v) is 14.4. The number of piperidine rings is 1. The molecule has 23 heavy (non-hydrogen) atoms. The summed E-state index contributed by atoms with van der Waals surface area (Å²) in [6, 6.07) is 15.8. The molecule has 0 aromatic heterocycles. The van der Waals surface area contributed by atoms with E-state index in [9.17, 15) is 4.79 Å². The molecule has 0 N–H and O–H groups in total. The molecule has 1 fully saturated rings. The van der Waals surface area contributed by atoms with E-state index in [-0.39, 0.29) is 5.91 Å². The normalized spacial score (nSPS) is 18.3. The lowest BCUT2D eigenvalue weighted by atomic mass is 9.91. The molecule has 1 aliphatic rings. The van der Waals surface area contributed by atoms with Gasteiger partial charge in [-0.3, -0.25) is 4.79 Å². The van der Waals surface area contributed by atoms with Crippen molar-refractivity contribution in [3.8, 4) is 0 Å². The van der Waals surface area contributed by atoms with Crippen LogP contribution in [0.1, 0.15) is 24.8 Å². The first-order valence-electron chi connectivity index (χ1n) is 7.93. The van der Waals surface area contributed by atoms with Crippen LogP contribution in [0.4, 0.5) is 5.69 Å². The van der Waals surface area contributed by atoms with E-state index in [0.717, 1.165) is 19.3 Å². The number of nitrogens with zero attached hydrogens (tertiary/aromatic N) is 1. The van der Waals surface area contributed by atoms with Gasteiger partial charge in [0.1, 0.15) is 0 Å². The van der Waals surface area contributed by atoms with E-state index in [1.54, 1.807) is 23.1 Å². The molecular weight excluding hydrogens is 329 g/mol. The molecule has 1 heterocycles. The molecule has 0 aliphatic carbocycles. The first-order chi connectivity index (χ1) is 11.1. The van der Waals surface area contributed by atoms with Gasteiger partial charge in [-0.25, -0.2) is 0 Å².